The fourth-order valence-corrected chi connectivity index (χ4v) is 1.57. The van der Waals surface area contributed by atoms with Crippen LogP contribution in [0.1, 0.15) is 11.7 Å². The summed E-state index contributed by atoms with van der Waals surface area (Å²) in [6.07, 6.45) is -3.52. The van der Waals surface area contributed by atoms with Gasteiger partial charge in [0, 0.05) is 5.56 Å². The standard InChI is InChI=1S/C9H9BrO5/c10-6-4(2-1-3-5(6)11)7(12)8(13)9(14)15/h1-3,7-8,11-13H,(H,14,15). The van der Waals surface area contributed by atoms with Gasteiger partial charge >= 0.3 is 5.97 Å². The van der Waals surface area contributed by atoms with E-state index in [4.69, 9.17) is 10.2 Å². The van der Waals surface area contributed by atoms with Crippen LogP contribution in [0.2, 0.25) is 0 Å². The van der Waals surface area contributed by atoms with Gasteiger partial charge in [0.2, 0.25) is 0 Å². The van der Waals surface area contributed by atoms with Crippen molar-refractivity contribution >= 4 is 21.9 Å². The Morgan fingerprint density at radius 2 is 1.93 bits per heavy atom. The lowest BCUT2D eigenvalue weighted by Crippen LogP contribution is -2.27. The zero-order chi connectivity index (χ0) is 11.6. The van der Waals surface area contributed by atoms with Gasteiger partial charge in [0.1, 0.15) is 11.9 Å². The summed E-state index contributed by atoms with van der Waals surface area (Å²) in [5.41, 5.74) is 0.116. The van der Waals surface area contributed by atoms with Crippen LogP contribution in [-0.4, -0.2) is 32.5 Å². The highest BCUT2D eigenvalue weighted by molar-refractivity contribution is 9.10. The molecule has 0 spiro atoms. The Bertz CT molecular complexity index is 379. The molecule has 2 unspecified atom stereocenters. The summed E-state index contributed by atoms with van der Waals surface area (Å²) in [4.78, 5) is 10.4. The molecule has 0 aliphatic heterocycles. The van der Waals surface area contributed by atoms with E-state index in [-0.39, 0.29) is 15.8 Å². The highest BCUT2D eigenvalue weighted by atomic mass is 79.9. The van der Waals surface area contributed by atoms with Crippen LogP contribution < -0.4 is 0 Å². The second-order valence-corrected chi connectivity index (χ2v) is 3.70. The summed E-state index contributed by atoms with van der Waals surface area (Å²) >= 11 is 2.98. The van der Waals surface area contributed by atoms with E-state index in [0.29, 0.717) is 0 Å². The third kappa shape index (κ3) is 2.47. The van der Waals surface area contributed by atoms with E-state index in [1.54, 1.807) is 0 Å². The van der Waals surface area contributed by atoms with Gasteiger partial charge in [0.15, 0.2) is 6.10 Å². The Labute approximate surface area is 93.7 Å². The molecule has 0 aliphatic rings. The summed E-state index contributed by atoms with van der Waals surface area (Å²) in [6.45, 7) is 0. The first kappa shape index (κ1) is 12.0. The molecule has 0 amide bonds. The number of hydrogen-bond donors (Lipinski definition) is 4. The predicted molar refractivity (Wildman–Crippen MR) is 54.4 cm³/mol. The lowest BCUT2D eigenvalue weighted by atomic mass is 10.0. The highest BCUT2D eigenvalue weighted by Crippen LogP contribution is 2.32. The lowest BCUT2D eigenvalue weighted by Gasteiger charge is -2.16. The van der Waals surface area contributed by atoms with Crippen LogP contribution in [-0.2, 0) is 4.79 Å². The first-order valence-corrected chi connectivity index (χ1v) is 4.80. The van der Waals surface area contributed by atoms with Gasteiger partial charge in [-0.1, -0.05) is 12.1 Å². The maximum atomic E-state index is 10.4. The third-order valence-electron chi connectivity index (χ3n) is 1.88. The average molecular weight is 277 g/mol. The molecule has 15 heavy (non-hydrogen) atoms. The summed E-state index contributed by atoms with van der Waals surface area (Å²) in [7, 11) is 0. The van der Waals surface area contributed by atoms with Crippen molar-refractivity contribution in [1.29, 1.82) is 0 Å². The van der Waals surface area contributed by atoms with E-state index in [0.717, 1.165) is 0 Å². The van der Waals surface area contributed by atoms with E-state index in [2.05, 4.69) is 15.9 Å². The number of rotatable bonds is 3. The van der Waals surface area contributed by atoms with E-state index in [9.17, 15) is 15.0 Å². The number of phenols is 1. The maximum Gasteiger partial charge on any atom is 0.335 e. The topological polar surface area (TPSA) is 98.0 Å². The molecule has 6 heteroatoms. The molecule has 1 aromatic carbocycles. The SMILES string of the molecule is O=C(O)C(O)C(O)c1cccc(O)c1Br. The quantitative estimate of drug-likeness (QED) is 0.649. The lowest BCUT2D eigenvalue weighted by molar-refractivity contribution is -0.153. The summed E-state index contributed by atoms with van der Waals surface area (Å²) in [6, 6.07) is 4.21. The van der Waals surface area contributed by atoms with Crippen LogP contribution in [0, 0.1) is 0 Å². The molecule has 0 saturated carbocycles. The van der Waals surface area contributed by atoms with E-state index < -0.39 is 18.2 Å². The van der Waals surface area contributed by atoms with Gasteiger partial charge in [-0.05, 0) is 22.0 Å². The molecule has 5 nitrogen and oxygen atoms in total. The molecular formula is C9H9BrO5. The van der Waals surface area contributed by atoms with Crippen molar-refractivity contribution in [2.75, 3.05) is 0 Å². The molecule has 0 heterocycles. The van der Waals surface area contributed by atoms with Gasteiger partial charge in [0.05, 0.1) is 4.47 Å². The minimum atomic E-state index is -1.93. The van der Waals surface area contributed by atoms with Crippen LogP contribution in [0.3, 0.4) is 0 Å². The summed E-state index contributed by atoms with van der Waals surface area (Å²) < 4.78 is 0.165. The van der Waals surface area contributed by atoms with Crippen LogP contribution in [0.4, 0.5) is 0 Å². The van der Waals surface area contributed by atoms with Crippen molar-refractivity contribution < 1.29 is 25.2 Å². The fourth-order valence-electron chi connectivity index (χ4n) is 1.07. The molecule has 4 N–H and O–H groups in total. The Hall–Kier alpha value is -1.11. The van der Waals surface area contributed by atoms with Crippen LogP contribution >= 0.6 is 15.9 Å². The molecule has 2 atom stereocenters. The van der Waals surface area contributed by atoms with Crippen molar-refractivity contribution in [1.82, 2.24) is 0 Å². The number of carboxylic acids is 1. The van der Waals surface area contributed by atoms with Crippen LogP contribution in [0.5, 0.6) is 5.75 Å². The third-order valence-corrected chi connectivity index (χ3v) is 2.74. The monoisotopic (exact) mass is 276 g/mol. The van der Waals surface area contributed by atoms with Gasteiger partial charge in [-0.3, -0.25) is 0 Å². The maximum absolute atomic E-state index is 10.4. The first-order valence-electron chi connectivity index (χ1n) is 4.01. The number of carboxylic acid groups (broad SMARTS) is 1. The number of phenolic OH excluding ortho intramolecular Hbond substituents is 1. The Balaban J connectivity index is 3.06. The van der Waals surface area contributed by atoms with Crippen LogP contribution in [0.15, 0.2) is 22.7 Å². The fraction of sp³-hybridized carbons (Fsp3) is 0.222. The molecule has 1 aromatic rings. The average Bonchev–Trinajstić information content (AvgIpc) is 2.20. The smallest absolute Gasteiger partial charge is 0.335 e. The van der Waals surface area contributed by atoms with Gasteiger partial charge in [-0.2, -0.15) is 0 Å². The van der Waals surface area contributed by atoms with Gasteiger partial charge < -0.3 is 20.4 Å². The number of carbonyl (C=O) groups is 1. The van der Waals surface area contributed by atoms with Gasteiger partial charge in [-0.15, -0.1) is 0 Å². The molecule has 82 valence electrons. The molecule has 0 bridgehead atoms. The van der Waals surface area contributed by atoms with E-state index in [1.807, 2.05) is 0 Å². The zero-order valence-electron chi connectivity index (χ0n) is 7.46. The number of halogens is 1. The number of aliphatic carboxylic acids is 1. The minimum absolute atomic E-state index is 0.116. The van der Waals surface area contributed by atoms with Crippen molar-refractivity contribution in [3.8, 4) is 5.75 Å². The number of aromatic hydroxyl groups is 1. The molecule has 0 saturated heterocycles. The normalized spacial score (nSPS) is 14.6. The Morgan fingerprint density at radius 3 is 2.47 bits per heavy atom. The van der Waals surface area contributed by atoms with Gasteiger partial charge in [-0.25, -0.2) is 4.79 Å². The summed E-state index contributed by atoms with van der Waals surface area (Å²) in [5, 5.41) is 36.4. The molecule has 0 radical (unpaired) electrons. The highest BCUT2D eigenvalue weighted by Gasteiger charge is 2.27. The Kier molecular flexibility index (Phi) is 3.67. The van der Waals surface area contributed by atoms with Crippen LogP contribution in [0.25, 0.3) is 0 Å². The van der Waals surface area contributed by atoms with Crippen molar-refractivity contribution in [2.24, 2.45) is 0 Å². The second-order valence-electron chi connectivity index (χ2n) is 2.91. The molecule has 1 rings (SSSR count). The summed E-state index contributed by atoms with van der Waals surface area (Å²) in [5.74, 6) is -1.66. The van der Waals surface area contributed by atoms with E-state index in [1.165, 1.54) is 18.2 Å². The van der Waals surface area contributed by atoms with Crippen molar-refractivity contribution in [2.45, 2.75) is 12.2 Å². The second kappa shape index (κ2) is 4.61. The predicted octanol–water partition coefficient (Wildman–Crippen LogP) is 0.634. The first-order chi connectivity index (χ1) is 6.95. The molecule has 0 fully saturated rings. The van der Waals surface area contributed by atoms with Crippen molar-refractivity contribution in [3.63, 3.8) is 0 Å². The molecule has 0 aromatic heterocycles. The number of aliphatic hydroxyl groups is 2. The molecular weight excluding hydrogens is 268 g/mol. The number of aliphatic hydroxyl groups excluding tert-OH is 2. The number of hydrogen-bond acceptors (Lipinski definition) is 4. The Morgan fingerprint density at radius 1 is 1.33 bits per heavy atom. The van der Waals surface area contributed by atoms with E-state index >= 15 is 0 Å². The minimum Gasteiger partial charge on any atom is -0.507 e. The number of benzene rings is 1. The molecule has 0 aliphatic carbocycles. The van der Waals surface area contributed by atoms with Crippen molar-refractivity contribution in [3.05, 3.63) is 28.2 Å². The zero-order valence-corrected chi connectivity index (χ0v) is 9.05. The largest absolute Gasteiger partial charge is 0.507 e. The van der Waals surface area contributed by atoms with Gasteiger partial charge in [0.25, 0.3) is 0 Å².